The lowest BCUT2D eigenvalue weighted by Gasteiger charge is -2.38. The molecule has 0 unspecified atom stereocenters. The zero-order valence-corrected chi connectivity index (χ0v) is 9.49. The van der Waals surface area contributed by atoms with E-state index >= 15 is 0 Å². The van der Waals surface area contributed by atoms with Crippen molar-refractivity contribution in [3.63, 3.8) is 0 Å². The average molecular weight is 198 g/mol. The Balaban J connectivity index is 2.60. The van der Waals surface area contributed by atoms with Gasteiger partial charge in [0.2, 0.25) is 5.91 Å². The van der Waals surface area contributed by atoms with Crippen molar-refractivity contribution in [2.45, 2.75) is 52.1 Å². The van der Waals surface area contributed by atoms with Crippen LogP contribution in [0.25, 0.3) is 0 Å². The number of piperidine rings is 1. The number of nitrogens with zero attached hydrogens (tertiary/aromatic N) is 1. The van der Waals surface area contributed by atoms with Crippen LogP contribution in [0, 0.1) is 5.92 Å². The van der Waals surface area contributed by atoms with E-state index in [0.29, 0.717) is 12.0 Å². The Morgan fingerprint density at radius 2 is 2.21 bits per heavy atom. The van der Waals surface area contributed by atoms with Gasteiger partial charge in [0.1, 0.15) is 0 Å². The van der Waals surface area contributed by atoms with Crippen molar-refractivity contribution in [2.75, 3.05) is 6.54 Å². The molecule has 0 saturated carbocycles. The fraction of sp³-hybridized carbons (Fsp3) is 0.909. The zero-order chi connectivity index (χ0) is 10.7. The van der Waals surface area contributed by atoms with Gasteiger partial charge in [0, 0.05) is 12.6 Å². The van der Waals surface area contributed by atoms with Gasteiger partial charge in [0.15, 0.2) is 0 Å². The van der Waals surface area contributed by atoms with Gasteiger partial charge in [-0.05, 0) is 32.6 Å². The number of carbonyl (C=O) groups is 1. The molecule has 0 aromatic carbocycles. The summed E-state index contributed by atoms with van der Waals surface area (Å²) in [7, 11) is 0. The highest BCUT2D eigenvalue weighted by atomic mass is 16.2. The number of nitrogens with two attached hydrogens (primary N) is 1. The van der Waals surface area contributed by atoms with Gasteiger partial charge in [-0.15, -0.1) is 0 Å². The molecule has 3 nitrogen and oxygen atoms in total. The molecule has 0 aliphatic carbocycles. The maximum absolute atomic E-state index is 11.8. The Kier molecular flexibility index (Phi) is 3.93. The Morgan fingerprint density at radius 3 is 2.71 bits per heavy atom. The van der Waals surface area contributed by atoms with Gasteiger partial charge in [-0.2, -0.15) is 0 Å². The van der Waals surface area contributed by atoms with Crippen LogP contribution in [0.1, 0.15) is 40.0 Å². The van der Waals surface area contributed by atoms with Crippen LogP contribution in [0.4, 0.5) is 0 Å². The molecule has 1 heterocycles. The Bertz CT molecular complexity index is 203. The summed E-state index contributed by atoms with van der Waals surface area (Å²) in [5.41, 5.74) is 5.62. The second kappa shape index (κ2) is 4.78. The summed E-state index contributed by atoms with van der Waals surface area (Å²) >= 11 is 0. The van der Waals surface area contributed by atoms with Crippen LogP contribution in [0.2, 0.25) is 0 Å². The lowest BCUT2D eigenvalue weighted by atomic mass is 9.91. The maximum Gasteiger partial charge on any atom is 0.239 e. The van der Waals surface area contributed by atoms with E-state index in [9.17, 15) is 4.79 Å². The van der Waals surface area contributed by atoms with Crippen molar-refractivity contribution in [1.29, 1.82) is 0 Å². The molecule has 1 saturated heterocycles. The lowest BCUT2D eigenvalue weighted by Crippen LogP contribution is -2.50. The van der Waals surface area contributed by atoms with Crippen LogP contribution in [-0.2, 0) is 4.79 Å². The molecule has 1 aliphatic rings. The molecule has 0 spiro atoms. The molecule has 1 fully saturated rings. The fourth-order valence-corrected chi connectivity index (χ4v) is 2.08. The Hall–Kier alpha value is -0.570. The maximum atomic E-state index is 11.8. The minimum absolute atomic E-state index is 0.107. The van der Waals surface area contributed by atoms with Gasteiger partial charge in [-0.1, -0.05) is 13.3 Å². The number of hydrogen-bond acceptors (Lipinski definition) is 2. The van der Waals surface area contributed by atoms with E-state index < -0.39 is 0 Å². The molecule has 14 heavy (non-hydrogen) atoms. The average Bonchev–Trinajstić information content (AvgIpc) is 2.17. The third-order valence-electron chi connectivity index (χ3n) is 3.23. The molecule has 82 valence electrons. The standard InChI is InChI=1S/C11H22N2O/c1-4-10-6-5-8(2)13(7-10)11(14)9(3)12/h8-10H,4-7,12H2,1-3H3/t8-,9+,10+/m0/s1. The molecule has 0 bridgehead atoms. The molecule has 2 N–H and O–H groups in total. The molecule has 1 aliphatic heterocycles. The first-order valence-corrected chi connectivity index (χ1v) is 5.62. The molecular weight excluding hydrogens is 176 g/mol. The fourth-order valence-electron chi connectivity index (χ4n) is 2.08. The Labute approximate surface area is 86.6 Å². The second-order valence-electron chi connectivity index (χ2n) is 4.48. The van der Waals surface area contributed by atoms with Crippen LogP contribution in [0.5, 0.6) is 0 Å². The number of hydrogen-bond donors (Lipinski definition) is 1. The summed E-state index contributed by atoms with van der Waals surface area (Å²) in [5, 5.41) is 0. The highest BCUT2D eigenvalue weighted by molar-refractivity contribution is 5.81. The highest BCUT2D eigenvalue weighted by Gasteiger charge is 2.29. The topological polar surface area (TPSA) is 46.3 Å². The summed E-state index contributed by atoms with van der Waals surface area (Å²) in [6.45, 7) is 6.98. The van der Waals surface area contributed by atoms with Crippen LogP contribution in [0.3, 0.4) is 0 Å². The number of rotatable bonds is 2. The minimum atomic E-state index is -0.354. The van der Waals surface area contributed by atoms with Gasteiger partial charge < -0.3 is 10.6 Å². The summed E-state index contributed by atoms with van der Waals surface area (Å²) < 4.78 is 0. The second-order valence-corrected chi connectivity index (χ2v) is 4.48. The predicted molar refractivity (Wildman–Crippen MR) is 57.8 cm³/mol. The molecule has 0 radical (unpaired) electrons. The van der Waals surface area contributed by atoms with Crippen molar-refractivity contribution >= 4 is 5.91 Å². The number of carbonyl (C=O) groups excluding carboxylic acids is 1. The van der Waals surface area contributed by atoms with E-state index in [-0.39, 0.29) is 11.9 Å². The molecule has 1 rings (SSSR count). The number of likely N-dealkylation sites (tertiary alicyclic amines) is 1. The molecule has 1 amide bonds. The van der Waals surface area contributed by atoms with Gasteiger partial charge in [0.05, 0.1) is 6.04 Å². The van der Waals surface area contributed by atoms with Crippen molar-refractivity contribution in [3.8, 4) is 0 Å². The van der Waals surface area contributed by atoms with E-state index in [1.807, 2.05) is 4.90 Å². The first-order valence-electron chi connectivity index (χ1n) is 5.62. The summed E-state index contributed by atoms with van der Waals surface area (Å²) in [6, 6.07) is 0.0179. The summed E-state index contributed by atoms with van der Waals surface area (Å²) in [5.74, 6) is 0.782. The van der Waals surface area contributed by atoms with Crippen molar-refractivity contribution in [1.82, 2.24) is 4.90 Å². The van der Waals surface area contributed by atoms with E-state index in [1.165, 1.54) is 6.42 Å². The quantitative estimate of drug-likeness (QED) is 0.728. The van der Waals surface area contributed by atoms with E-state index in [2.05, 4.69) is 13.8 Å². The SMILES string of the molecule is CC[C@@H]1CC[C@H](C)N(C(=O)[C@@H](C)N)C1. The molecule has 0 aromatic heterocycles. The van der Waals surface area contributed by atoms with Crippen LogP contribution < -0.4 is 5.73 Å². The van der Waals surface area contributed by atoms with Crippen molar-refractivity contribution < 1.29 is 4.79 Å². The molecule has 3 heteroatoms. The third-order valence-corrected chi connectivity index (χ3v) is 3.23. The van der Waals surface area contributed by atoms with Crippen molar-refractivity contribution in [2.24, 2.45) is 11.7 Å². The van der Waals surface area contributed by atoms with E-state index in [4.69, 9.17) is 5.73 Å². The first-order chi connectivity index (χ1) is 6.56. The molecule has 3 atom stereocenters. The predicted octanol–water partition coefficient (Wildman–Crippen LogP) is 1.37. The van der Waals surface area contributed by atoms with E-state index in [0.717, 1.165) is 19.4 Å². The smallest absolute Gasteiger partial charge is 0.239 e. The van der Waals surface area contributed by atoms with Gasteiger partial charge in [-0.3, -0.25) is 4.79 Å². The first kappa shape index (κ1) is 11.5. The van der Waals surface area contributed by atoms with Gasteiger partial charge in [-0.25, -0.2) is 0 Å². The molecule has 0 aromatic rings. The van der Waals surface area contributed by atoms with Crippen molar-refractivity contribution in [3.05, 3.63) is 0 Å². The third kappa shape index (κ3) is 2.47. The monoisotopic (exact) mass is 198 g/mol. The lowest BCUT2D eigenvalue weighted by molar-refractivity contribution is -0.136. The normalized spacial score (nSPS) is 30.1. The van der Waals surface area contributed by atoms with Crippen LogP contribution in [0.15, 0.2) is 0 Å². The molecular formula is C11H22N2O. The summed E-state index contributed by atoms with van der Waals surface area (Å²) in [6.07, 6.45) is 3.53. The Morgan fingerprint density at radius 1 is 1.57 bits per heavy atom. The largest absolute Gasteiger partial charge is 0.338 e. The van der Waals surface area contributed by atoms with Crippen LogP contribution in [-0.4, -0.2) is 29.4 Å². The van der Waals surface area contributed by atoms with Gasteiger partial charge >= 0.3 is 0 Å². The van der Waals surface area contributed by atoms with Crippen LogP contribution >= 0.6 is 0 Å². The summed E-state index contributed by atoms with van der Waals surface area (Å²) in [4.78, 5) is 13.7. The van der Waals surface area contributed by atoms with Gasteiger partial charge in [0.25, 0.3) is 0 Å². The highest BCUT2D eigenvalue weighted by Crippen LogP contribution is 2.24. The minimum Gasteiger partial charge on any atom is -0.338 e. The van der Waals surface area contributed by atoms with E-state index in [1.54, 1.807) is 6.92 Å². The number of amides is 1. The zero-order valence-electron chi connectivity index (χ0n) is 9.49.